The van der Waals surface area contributed by atoms with E-state index in [4.69, 9.17) is 0 Å². The number of rotatable bonds is 4. The van der Waals surface area contributed by atoms with Crippen molar-refractivity contribution in [1.82, 2.24) is 25.4 Å². The molecular weight excluding hydrogens is 270 g/mol. The second-order valence-electron chi connectivity index (χ2n) is 5.03. The van der Waals surface area contributed by atoms with Gasteiger partial charge in [-0.15, -0.1) is 0 Å². The van der Waals surface area contributed by atoms with Gasteiger partial charge in [0.05, 0.1) is 6.10 Å². The minimum Gasteiger partial charge on any atom is -0.391 e. The summed E-state index contributed by atoms with van der Waals surface area (Å²) in [6, 6.07) is 7.01. The number of aromatic nitrogens is 3. The van der Waals surface area contributed by atoms with Gasteiger partial charge in [-0.25, -0.2) is 9.67 Å². The zero-order valence-corrected chi connectivity index (χ0v) is 11.4. The van der Waals surface area contributed by atoms with Gasteiger partial charge in [0.25, 0.3) is 5.91 Å². The van der Waals surface area contributed by atoms with Gasteiger partial charge in [-0.05, 0) is 18.2 Å². The number of nitrogens with one attached hydrogen (secondary N) is 2. The molecule has 0 bridgehead atoms. The molecule has 110 valence electrons. The van der Waals surface area contributed by atoms with Gasteiger partial charge in [0.1, 0.15) is 5.69 Å². The van der Waals surface area contributed by atoms with Gasteiger partial charge in [0.2, 0.25) is 0 Å². The minimum atomic E-state index is -0.409. The monoisotopic (exact) mass is 287 g/mol. The molecule has 0 saturated carbocycles. The summed E-state index contributed by atoms with van der Waals surface area (Å²) >= 11 is 0. The Morgan fingerprint density at radius 1 is 1.43 bits per heavy atom. The molecule has 2 atom stereocenters. The maximum atomic E-state index is 12.1. The summed E-state index contributed by atoms with van der Waals surface area (Å²) in [4.78, 5) is 16.4. The van der Waals surface area contributed by atoms with E-state index in [1.54, 1.807) is 41.3 Å². The van der Waals surface area contributed by atoms with E-state index in [9.17, 15) is 9.90 Å². The third-order valence-corrected chi connectivity index (χ3v) is 3.54. The molecule has 21 heavy (non-hydrogen) atoms. The molecule has 7 nitrogen and oxygen atoms in total. The van der Waals surface area contributed by atoms with E-state index < -0.39 is 6.10 Å². The zero-order chi connectivity index (χ0) is 14.7. The van der Waals surface area contributed by atoms with Crippen molar-refractivity contribution >= 4 is 5.91 Å². The van der Waals surface area contributed by atoms with Crippen LogP contribution in [0.4, 0.5) is 0 Å². The number of carbonyl (C=O) groups is 1. The van der Waals surface area contributed by atoms with Gasteiger partial charge in [-0.3, -0.25) is 4.79 Å². The molecule has 0 aromatic carbocycles. The summed E-state index contributed by atoms with van der Waals surface area (Å²) in [5.74, 6) is 0.390. The van der Waals surface area contributed by atoms with Crippen molar-refractivity contribution < 1.29 is 9.90 Å². The summed E-state index contributed by atoms with van der Waals surface area (Å²) in [5, 5.41) is 19.7. The Hall–Kier alpha value is -2.25. The molecule has 1 aliphatic rings. The molecule has 1 aliphatic heterocycles. The predicted molar refractivity (Wildman–Crippen MR) is 76.1 cm³/mol. The highest BCUT2D eigenvalue weighted by atomic mass is 16.3. The molecule has 2 unspecified atom stereocenters. The second kappa shape index (κ2) is 6.02. The molecule has 0 radical (unpaired) electrons. The first-order valence-corrected chi connectivity index (χ1v) is 6.88. The van der Waals surface area contributed by atoms with Gasteiger partial charge in [-0.1, -0.05) is 6.07 Å². The minimum absolute atomic E-state index is 0.0447. The van der Waals surface area contributed by atoms with Crippen LogP contribution in [0.15, 0.2) is 36.7 Å². The fourth-order valence-corrected chi connectivity index (χ4v) is 2.32. The maximum absolute atomic E-state index is 12.1. The normalized spacial score (nSPS) is 21.4. The zero-order valence-electron chi connectivity index (χ0n) is 11.4. The molecule has 1 saturated heterocycles. The molecule has 3 N–H and O–H groups in total. The lowest BCUT2D eigenvalue weighted by Gasteiger charge is -2.14. The fraction of sp³-hybridized carbons (Fsp3) is 0.357. The summed E-state index contributed by atoms with van der Waals surface area (Å²) in [6.45, 7) is 1.72. The van der Waals surface area contributed by atoms with Gasteiger partial charge in [0.15, 0.2) is 5.82 Å². The summed E-state index contributed by atoms with van der Waals surface area (Å²) in [5.41, 5.74) is 0.337. The molecule has 3 rings (SSSR count). The number of aliphatic hydroxyl groups is 1. The molecule has 3 heterocycles. The van der Waals surface area contributed by atoms with Crippen LogP contribution < -0.4 is 10.6 Å². The summed E-state index contributed by atoms with van der Waals surface area (Å²) in [6.07, 6.45) is 3.02. The molecule has 1 amide bonds. The van der Waals surface area contributed by atoms with E-state index >= 15 is 0 Å². The van der Waals surface area contributed by atoms with Crippen LogP contribution in [0.1, 0.15) is 10.5 Å². The Kier molecular flexibility index (Phi) is 3.94. The smallest absolute Gasteiger partial charge is 0.269 e. The fourth-order valence-electron chi connectivity index (χ4n) is 2.32. The Morgan fingerprint density at radius 3 is 3.05 bits per heavy atom. The molecule has 0 spiro atoms. The van der Waals surface area contributed by atoms with E-state index in [0.717, 1.165) is 0 Å². The first-order valence-electron chi connectivity index (χ1n) is 6.88. The van der Waals surface area contributed by atoms with Crippen molar-refractivity contribution in [2.75, 3.05) is 19.6 Å². The van der Waals surface area contributed by atoms with Crippen molar-refractivity contribution in [3.8, 4) is 5.82 Å². The van der Waals surface area contributed by atoms with Crippen LogP contribution in [-0.2, 0) is 0 Å². The van der Waals surface area contributed by atoms with E-state index in [-0.39, 0.29) is 11.8 Å². The topological polar surface area (TPSA) is 92.1 Å². The first kappa shape index (κ1) is 13.7. The molecule has 0 aliphatic carbocycles. The highest BCUT2D eigenvalue weighted by Crippen LogP contribution is 2.08. The summed E-state index contributed by atoms with van der Waals surface area (Å²) < 4.78 is 1.60. The molecule has 1 fully saturated rings. The van der Waals surface area contributed by atoms with Crippen LogP contribution >= 0.6 is 0 Å². The number of aliphatic hydroxyl groups excluding tert-OH is 1. The standard InChI is InChI=1S/C14H17N5O2/c20-12-9-15-7-10(12)8-16-14(21)11-3-1-4-13(18-11)19-6-2-5-17-19/h1-6,10,12,15,20H,7-9H2,(H,16,21). The van der Waals surface area contributed by atoms with Gasteiger partial charge in [-0.2, -0.15) is 5.10 Å². The van der Waals surface area contributed by atoms with Gasteiger partial charge >= 0.3 is 0 Å². The lowest BCUT2D eigenvalue weighted by atomic mass is 10.1. The molecule has 2 aromatic rings. The highest BCUT2D eigenvalue weighted by molar-refractivity contribution is 5.92. The van der Waals surface area contributed by atoms with E-state index in [1.807, 2.05) is 0 Å². The van der Waals surface area contributed by atoms with Gasteiger partial charge < -0.3 is 15.7 Å². The highest BCUT2D eigenvalue weighted by Gasteiger charge is 2.25. The Labute approximate surface area is 122 Å². The second-order valence-corrected chi connectivity index (χ2v) is 5.03. The van der Waals surface area contributed by atoms with Crippen molar-refractivity contribution in [2.24, 2.45) is 5.92 Å². The Morgan fingerprint density at radius 2 is 2.33 bits per heavy atom. The van der Waals surface area contributed by atoms with Crippen molar-refractivity contribution in [2.45, 2.75) is 6.10 Å². The third kappa shape index (κ3) is 3.09. The lowest BCUT2D eigenvalue weighted by Crippen LogP contribution is -2.34. The van der Waals surface area contributed by atoms with E-state index in [1.165, 1.54) is 0 Å². The Bertz CT molecular complexity index is 614. The van der Waals surface area contributed by atoms with E-state index in [0.29, 0.717) is 31.1 Å². The quantitative estimate of drug-likeness (QED) is 0.710. The van der Waals surface area contributed by atoms with Crippen LogP contribution in [0.3, 0.4) is 0 Å². The number of amides is 1. The molecule has 7 heteroatoms. The van der Waals surface area contributed by atoms with Crippen LogP contribution in [0.5, 0.6) is 0 Å². The van der Waals surface area contributed by atoms with Crippen LogP contribution in [0.2, 0.25) is 0 Å². The van der Waals surface area contributed by atoms with Crippen molar-refractivity contribution in [1.29, 1.82) is 0 Å². The first-order chi connectivity index (χ1) is 10.2. The van der Waals surface area contributed by atoms with E-state index in [2.05, 4.69) is 20.7 Å². The SMILES string of the molecule is O=C(NCC1CNCC1O)c1cccc(-n2cccn2)n1. The predicted octanol–water partition coefficient (Wildman–Crippen LogP) is -0.423. The van der Waals surface area contributed by atoms with Crippen molar-refractivity contribution in [3.05, 3.63) is 42.4 Å². The Balaban J connectivity index is 1.66. The largest absolute Gasteiger partial charge is 0.391 e. The molecular formula is C14H17N5O2. The average molecular weight is 287 g/mol. The number of nitrogens with zero attached hydrogens (tertiary/aromatic N) is 3. The number of carbonyl (C=O) groups excluding carboxylic acids is 1. The lowest BCUT2D eigenvalue weighted by molar-refractivity contribution is 0.0922. The number of β-amino-alcohol motifs (C(OH)–C–C–N with tert-alkyl or cyclic N) is 1. The van der Waals surface area contributed by atoms with Crippen molar-refractivity contribution in [3.63, 3.8) is 0 Å². The van der Waals surface area contributed by atoms with Crippen LogP contribution in [-0.4, -0.2) is 51.5 Å². The number of pyridine rings is 1. The summed E-state index contributed by atoms with van der Waals surface area (Å²) in [7, 11) is 0. The van der Waals surface area contributed by atoms with Crippen LogP contribution in [0.25, 0.3) is 5.82 Å². The maximum Gasteiger partial charge on any atom is 0.269 e. The third-order valence-electron chi connectivity index (χ3n) is 3.54. The average Bonchev–Trinajstić information content (AvgIpc) is 3.16. The van der Waals surface area contributed by atoms with Crippen LogP contribution in [0, 0.1) is 5.92 Å². The van der Waals surface area contributed by atoms with Gasteiger partial charge in [0, 0.05) is 37.9 Å². The number of hydrogen-bond donors (Lipinski definition) is 3. The number of hydrogen-bond acceptors (Lipinski definition) is 5. The molecule has 2 aromatic heterocycles.